The molecule has 106 valence electrons. The SMILES string of the molecule is CC(=O)C(C)c1ccc2oc(-c3ccc(F)cc3)nc2c1. The molecule has 4 heteroatoms. The number of benzene rings is 2. The summed E-state index contributed by atoms with van der Waals surface area (Å²) in [6.45, 7) is 3.44. The van der Waals surface area contributed by atoms with Crippen molar-refractivity contribution < 1.29 is 13.6 Å². The molecule has 0 spiro atoms. The van der Waals surface area contributed by atoms with Crippen LogP contribution in [0, 0.1) is 5.82 Å². The highest BCUT2D eigenvalue weighted by Gasteiger charge is 2.14. The second-order valence-electron chi connectivity index (χ2n) is 5.09. The third-order valence-electron chi connectivity index (χ3n) is 3.61. The van der Waals surface area contributed by atoms with Crippen LogP contribution >= 0.6 is 0 Å². The lowest BCUT2D eigenvalue weighted by Gasteiger charge is -2.06. The van der Waals surface area contributed by atoms with E-state index >= 15 is 0 Å². The zero-order chi connectivity index (χ0) is 15.0. The van der Waals surface area contributed by atoms with Gasteiger partial charge in [0, 0.05) is 11.5 Å². The van der Waals surface area contributed by atoms with Crippen LogP contribution < -0.4 is 0 Å². The zero-order valence-electron chi connectivity index (χ0n) is 11.8. The molecule has 0 saturated heterocycles. The van der Waals surface area contributed by atoms with Crippen LogP contribution in [-0.2, 0) is 4.79 Å². The molecule has 1 aromatic heterocycles. The smallest absolute Gasteiger partial charge is 0.227 e. The molecule has 3 rings (SSSR count). The molecular formula is C17H14FNO2. The maximum atomic E-state index is 12.9. The maximum absolute atomic E-state index is 12.9. The summed E-state index contributed by atoms with van der Waals surface area (Å²) in [6, 6.07) is 11.5. The Balaban J connectivity index is 2.04. The van der Waals surface area contributed by atoms with Gasteiger partial charge in [0.05, 0.1) is 0 Å². The molecule has 1 atom stereocenters. The molecule has 0 amide bonds. The first-order chi connectivity index (χ1) is 10.0. The van der Waals surface area contributed by atoms with Gasteiger partial charge in [0.25, 0.3) is 0 Å². The van der Waals surface area contributed by atoms with Crippen molar-refractivity contribution >= 4 is 16.9 Å². The van der Waals surface area contributed by atoms with E-state index in [0.717, 1.165) is 5.56 Å². The molecule has 1 heterocycles. The van der Waals surface area contributed by atoms with Crippen LogP contribution in [-0.4, -0.2) is 10.8 Å². The quantitative estimate of drug-likeness (QED) is 0.718. The summed E-state index contributed by atoms with van der Waals surface area (Å²) in [5, 5.41) is 0. The number of halogens is 1. The highest BCUT2D eigenvalue weighted by Crippen LogP contribution is 2.27. The van der Waals surface area contributed by atoms with Gasteiger partial charge in [-0.1, -0.05) is 13.0 Å². The van der Waals surface area contributed by atoms with Gasteiger partial charge in [-0.25, -0.2) is 9.37 Å². The van der Waals surface area contributed by atoms with E-state index in [1.54, 1.807) is 19.1 Å². The average Bonchev–Trinajstić information content (AvgIpc) is 2.89. The first-order valence-electron chi connectivity index (χ1n) is 6.71. The van der Waals surface area contributed by atoms with Crippen molar-refractivity contribution in [3.8, 4) is 11.5 Å². The minimum absolute atomic E-state index is 0.108. The zero-order valence-corrected chi connectivity index (χ0v) is 11.8. The largest absolute Gasteiger partial charge is 0.436 e. The molecular weight excluding hydrogens is 269 g/mol. The molecule has 21 heavy (non-hydrogen) atoms. The molecule has 0 saturated carbocycles. The predicted molar refractivity (Wildman–Crippen MR) is 78.5 cm³/mol. The van der Waals surface area contributed by atoms with E-state index in [0.29, 0.717) is 22.6 Å². The van der Waals surface area contributed by atoms with Gasteiger partial charge in [0.2, 0.25) is 5.89 Å². The Bertz CT molecular complexity index is 805. The van der Waals surface area contributed by atoms with Crippen molar-refractivity contribution in [1.82, 2.24) is 4.98 Å². The molecule has 2 aromatic carbocycles. The van der Waals surface area contributed by atoms with Crippen molar-refractivity contribution in [3.63, 3.8) is 0 Å². The number of fused-ring (bicyclic) bond motifs is 1. The van der Waals surface area contributed by atoms with Crippen molar-refractivity contribution in [3.05, 3.63) is 53.8 Å². The second kappa shape index (κ2) is 5.13. The first kappa shape index (κ1) is 13.5. The van der Waals surface area contributed by atoms with E-state index in [4.69, 9.17) is 4.42 Å². The number of rotatable bonds is 3. The van der Waals surface area contributed by atoms with Crippen LogP contribution in [0.25, 0.3) is 22.6 Å². The molecule has 0 radical (unpaired) electrons. The molecule has 0 bridgehead atoms. The fourth-order valence-corrected chi connectivity index (χ4v) is 2.16. The highest BCUT2D eigenvalue weighted by atomic mass is 19.1. The van der Waals surface area contributed by atoms with Gasteiger partial charge in [-0.05, 0) is 48.9 Å². The molecule has 0 aliphatic heterocycles. The van der Waals surface area contributed by atoms with Crippen molar-refractivity contribution in [1.29, 1.82) is 0 Å². The van der Waals surface area contributed by atoms with Gasteiger partial charge in [-0.3, -0.25) is 4.79 Å². The predicted octanol–water partition coefficient (Wildman–Crippen LogP) is 4.33. The van der Waals surface area contributed by atoms with Gasteiger partial charge in [-0.15, -0.1) is 0 Å². The molecule has 1 unspecified atom stereocenters. The standard InChI is InChI=1S/C17H14FNO2/c1-10(11(2)20)13-5-8-16-15(9-13)19-17(21-16)12-3-6-14(18)7-4-12/h3-10H,1-2H3. The van der Waals surface area contributed by atoms with Gasteiger partial charge in [-0.2, -0.15) is 0 Å². The van der Waals surface area contributed by atoms with Gasteiger partial charge < -0.3 is 4.42 Å². The number of nitrogens with zero attached hydrogens (tertiary/aromatic N) is 1. The normalized spacial score (nSPS) is 12.5. The number of carbonyl (C=O) groups is 1. The van der Waals surface area contributed by atoms with Crippen LogP contribution in [0.3, 0.4) is 0 Å². The lowest BCUT2D eigenvalue weighted by atomic mass is 9.97. The van der Waals surface area contributed by atoms with Gasteiger partial charge >= 0.3 is 0 Å². The van der Waals surface area contributed by atoms with E-state index in [1.165, 1.54) is 12.1 Å². The summed E-state index contributed by atoms with van der Waals surface area (Å²) in [7, 11) is 0. The topological polar surface area (TPSA) is 43.1 Å². The third-order valence-corrected chi connectivity index (χ3v) is 3.61. The first-order valence-corrected chi connectivity index (χ1v) is 6.71. The van der Waals surface area contributed by atoms with E-state index in [9.17, 15) is 9.18 Å². The molecule has 0 aliphatic carbocycles. The summed E-state index contributed by atoms with van der Waals surface area (Å²) in [5.74, 6) is 0.0852. The van der Waals surface area contributed by atoms with Crippen LogP contribution in [0.15, 0.2) is 46.9 Å². The minimum atomic E-state index is -0.299. The van der Waals surface area contributed by atoms with E-state index in [-0.39, 0.29) is 17.5 Å². The van der Waals surface area contributed by atoms with E-state index in [2.05, 4.69) is 4.98 Å². The summed E-state index contributed by atoms with van der Waals surface area (Å²) in [4.78, 5) is 15.9. The third kappa shape index (κ3) is 2.57. The Morgan fingerprint density at radius 3 is 2.57 bits per heavy atom. The van der Waals surface area contributed by atoms with Crippen molar-refractivity contribution in [2.45, 2.75) is 19.8 Å². The monoisotopic (exact) mass is 283 g/mol. The fourth-order valence-electron chi connectivity index (χ4n) is 2.16. The number of hydrogen-bond acceptors (Lipinski definition) is 3. The Labute approximate surface area is 121 Å². The number of Topliss-reactive ketones (excluding diaryl/α,β-unsaturated/α-hetero) is 1. The Kier molecular flexibility index (Phi) is 3.29. The van der Waals surface area contributed by atoms with Crippen molar-refractivity contribution in [2.24, 2.45) is 0 Å². The fraction of sp³-hybridized carbons (Fsp3) is 0.176. The number of hydrogen-bond donors (Lipinski definition) is 0. The summed E-state index contributed by atoms with van der Waals surface area (Å²) in [5.41, 5.74) is 2.97. The highest BCUT2D eigenvalue weighted by molar-refractivity contribution is 5.85. The molecule has 0 aliphatic rings. The van der Waals surface area contributed by atoms with Gasteiger partial charge in [0.15, 0.2) is 5.58 Å². The Hall–Kier alpha value is -2.49. The average molecular weight is 283 g/mol. The number of aromatic nitrogens is 1. The summed E-state index contributed by atoms with van der Waals surface area (Å²) >= 11 is 0. The number of oxazole rings is 1. The Morgan fingerprint density at radius 2 is 1.90 bits per heavy atom. The second-order valence-corrected chi connectivity index (χ2v) is 5.09. The maximum Gasteiger partial charge on any atom is 0.227 e. The molecule has 3 nitrogen and oxygen atoms in total. The van der Waals surface area contributed by atoms with Crippen LogP contribution in [0.1, 0.15) is 25.3 Å². The summed E-state index contributed by atoms with van der Waals surface area (Å²) in [6.07, 6.45) is 0. The van der Waals surface area contributed by atoms with Crippen molar-refractivity contribution in [2.75, 3.05) is 0 Å². The van der Waals surface area contributed by atoms with E-state index in [1.807, 2.05) is 25.1 Å². The molecule has 3 aromatic rings. The van der Waals surface area contributed by atoms with Crippen LogP contribution in [0.4, 0.5) is 4.39 Å². The minimum Gasteiger partial charge on any atom is -0.436 e. The number of ketones is 1. The van der Waals surface area contributed by atoms with Crippen LogP contribution in [0.5, 0.6) is 0 Å². The summed E-state index contributed by atoms with van der Waals surface area (Å²) < 4.78 is 18.6. The van der Waals surface area contributed by atoms with E-state index < -0.39 is 0 Å². The number of carbonyl (C=O) groups excluding carboxylic acids is 1. The lowest BCUT2D eigenvalue weighted by molar-refractivity contribution is -0.118. The lowest BCUT2D eigenvalue weighted by Crippen LogP contribution is -2.03. The van der Waals surface area contributed by atoms with Gasteiger partial charge in [0.1, 0.15) is 17.1 Å². The molecule has 0 fully saturated rings. The Morgan fingerprint density at radius 1 is 1.19 bits per heavy atom. The van der Waals surface area contributed by atoms with Crippen LogP contribution in [0.2, 0.25) is 0 Å². The molecule has 0 N–H and O–H groups in total.